The second kappa shape index (κ2) is 10.2. The highest BCUT2D eigenvalue weighted by atomic mass is 79.9. The Bertz CT molecular complexity index is 1060. The fourth-order valence-electron chi connectivity index (χ4n) is 2.75. The van der Waals surface area contributed by atoms with Crippen molar-refractivity contribution in [1.29, 1.82) is 5.26 Å². The number of nitriles is 1. The summed E-state index contributed by atoms with van der Waals surface area (Å²) in [5.41, 5.74) is 3.19. The molecule has 0 saturated heterocycles. The molecule has 0 unspecified atom stereocenters. The van der Waals surface area contributed by atoms with Crippen LogP contribution in [0.1, 0.15) is 23.6 Å². The SMILES string of the molecule is CCOc1cc(/C=C(/C#N)c2ccc(Br)cc2)ccc1OCc1ccccc1Cl. The van der Waals surface area contributed by atoms with Gasteiger partial charge < -0.3 is 9.47 Å². The molecule has 3 rings (SSSR count). The van der Waals surface area contributed by atoms with Crippen molar-refractivity contribution in [2.75, 3.05) is 6.61 Å². The third-order valence-corrected chi connectivity index (χ3v) is 5.09. The van der Waals surface area contributed by atoms with E-state index in [9.17, 15) is 5.26 Å². The zero-order valence-electron chi connectivity index (χ0n) is 15.9. The van der Waals surface area contributed by atoms with Crippen LogP contribution in [0.5, 0.6) is 11.5 Å². The second-order valence-corrected chi connectivity index (χ2v) is 7.52. The highest BCUT2D eigenvalue weighted by Gasteiger charge is 2.09. The van der Waals surface area contributed by atoms with Crippen molar-refractivity contribution in [2.24, 2.45) is 0 Å². The van der Waals surface area contributed by atoms with Gasteiger partial charge in [0, 0.05) is 15.1 Å². The Kier molecular flexibility index (Phi) is 7.35. The van der Waals surface area contributed by atoms with Crippen molar-refractivity contribution in [3.63, 3.8) is 0 Å². The Morgan fingerprint density at radius 2 is 1.79 bits per heavy atom. The number of allylic oxidation sites excluding steroid dienone is 1. The molecule has 0 heterocycles. The van der Waals surface area contributed by atoms with E-state index in [0.29, 0.717) is 35.3 Å². The van der Waals surface area contributed by atoms with Crippen LogP contribution in [-0.4, -0.2) is 6.61 Å². The van der Waals surface area contributed by atoms with E-state index >= 15 is 0 Å². The zero-order chi connectivity index (χ0) is 20.6. The average Bonchev–Trinajstić information content (AvgIpc) is 2.73. The van der Waals surface area contributed by atoms with Gasteiger partial charge in [-0.15, -0.1) is 0 Å². The van der Waals surface area contributed by atoms with E-state index in [4.69, 9.17) is 21.1 Å². The molecule has 0 aromatic heterocycles. The molecule has 146 valence electrons. The summed E-state index contributed by atoms with van der Waals surface area (Å²) >= 11 is 9.62. The quantitative estimate of drug-likeness (QED) is 0.273. The third-order valence-electron chi connectivity index (χ3n) is 4.20. The molecule has 0 aliphatic carbocycles. The zero-order valence-corrected chi connectivity index (χ0v) is 18.2. The van der Waals surface area contributed by atoms with E-state index in [1.807, 2.05) is 79.7 Å². The average molecular weight is 469 g/mol. The molecular formula is C24H19BrClNO2. The third kappa shape index (κ3) is 5.63. The maximum atomic E-state index is 9.58. The molecule has 0 radical (unpaired) electrons. The largest absolute Gasteiger partial charge is 0.490 e. The van der Waals surface area contributed by atoms with Crippen LogP contribution in [0, 0.1) is 11.3 Å². The minimum absolute atomic E-state index is 0.345. The van der Waals surface area contributed by atoms with Gasteiger partial charge in [0.15, 0.2) is 11.5 Å². The summed E-state index contributed by atoms with van der Waals surface area (Å²) in [5.74, 6) is 1.26. The summed E-state index contributed by atoms with van der Waals surface area (Å²) in [4.78, 5) is 0. The van der Waals surface area contributed by atoms with E-state index in [1.165, 1.54) is 0 Å². The monoisotopic (exact) mass is 467 g/mol. The molecule has 5 heteroatoms. The van der Waals surface area contributed by atoms with E-state index in [-0.39, 0.29) is 0 Å². The fourth-order valence-corrected chi connectivity index (χ4v) is 3.20. The molecule has 0 N–H and O–H groups in total. The standard InChI is InChI=1S/C24H19BrClNO2/c1-2-28-24-14-17(13-20(15-27)18-8-10-21(25)11-9-18)7-12-23(24)29-16-19-5-3-4-6-22(19)26/h3-14H,2,16H2,1H3/b20-13-. The van der Waals surface area contributed by atoms with E-state index in [0.717, 1.165) is 21.2 Å². The Morgan fingerprint density at radius 1 is 1.03 bits per heavy atom. The first-order valence-electron chi connectivity index (χ1n) is 9.11. The number of benzene rings is 3. The lowest BCUT2D eigenvalue weighted by molar-refractivity contribution is 0.269. The molecule has 0 aliphatic rings. The fraction of sp³-hybridized carbons (Fsp3) is 0.125. The minimum atomic E-state index is 0.345. The van der Waals surface area contributed by atoms with Gasteiger partial charge in [0.05, 0.1) is 18.2 Å². The van der Waals surface area contributed by atoms with Gasteiger partial charge >= 0.3 is 0 Å². The van der Waals surface area contributed by atoms with Crippen LogP contribution in [0.4, 0.5) is 0 Å². The smallest absolute Gasteiger partial charge is 0.161 e. The first kappa shape index (κ1) is 21.0. The van der Waals surface area contributed by atoms with Crippen LogP contribution in [-0.2, 0) is 6.61 Å². The molecule has 0 atom stereocenters. The molecule has 0 bridgehead atoms. The molecular weight excluding hydrogens is 450 g/mol. The van der Waals surface area contributed by atoms with Crippen LogP contribution >= 0.6 is 27.5 Å². The molecule has 0 aliphatic heterocycles. The van der Waals surface area contributed by atoms with Crippen LogP contribution in [0.25, 0.3) is 11.6 Å². The van der Waals surface area contributed by atoms with Crippen molar-refractivity contribution in [2.45, 2.75) is 13.5 Å². The van der Waals surface area contributed by atoms with Crippen LogP contribution in [0.3, 0.4) is 0 Å². The molecule has 29 heavy (non-hydrogen) atoms. The van der Waals surface area contributed by atoms with Gasteiger partial charge in [0.2, 0.25) is 0 Å². The van der Waals surface area contributed by atoms with Crippen LogP contribution < -0.4 is 9.47 Å². The molecule has 0 saturated carbocycles. The van der Waals surface area contributed by atoms with E-state index < -0.39 is 0 Å². The van der Waals surface area contributed by atoms with Crippen molar-refractivity contribution < 1.29 is 9.47 Å². The van der Waals surface area contributed by atoms with Gasteiger partial charge in [-0.25, -0.2) is 0 Å². The highest BCUT2D eigenvalue weighted by Crippen LogP contribution is 2.31. The number of ether oxygens (including phenoxy) is 2. The summed E-state index contributed by atoms with van der Waals surface area (Å²) in [6, 6.07) is 23.1. The lowest BCUT2D eigenvalue weighted by Crippen LogP contribution is -2.00. The summed E-state index contributed by atoms with van der Waals surface area (Å²) in [6.07, 6.45) is 1.84. The predicted molar refractivity (Wildman–Crippen MR) is 121 cm³/mol. The number of halogens is 2. The van der Waals surface area contributed by atoms with Gasteiger partial charge in [-0.3, -0.25) is 0 Å². The topological polar surface area (TPSA) is 42.2 Å². The van der Waals surface area contributed by atoms with Crippen molar-refractivity contribution in [3.8, 4) is 17.6 Å². The summed E-state index contributed by atoms with van der Waals surface area (Å²) < 4.78 is 12.7. The van der Waals surface area contributed by atoms with Gasteiger partial charge in [-0.1, -0.05) is 63.9 Å². The summed E-state index contributed by atoms with van der Waals surface area (Å²) in [5, 5.41) is 10.2. The Morgan fingerprint density at radius 3 is 2.48 bits per heavy atom. The van der Waals surface area contributed by atoms with E-state index in [1.54, 1.807) is 0 Å². The van der Waals surface area contributed by atoms with Crippen molar-refractivity contribution in [1.82, 2.24) is 0 Å². The summed E-state index contributed by atoms with van der Waals surface area (Å²) in [7, 11) is 0. The van der Waals surface area contributed by atoms with E-state index in [2.05, 4.69) is 22.0 Å². The maximum absolute atomic E-state index is 9.58. The van der Waals surface area contributed by atoms with Gasteiger partial charge in [-0.2, -0.15) is 5.26 Å². The number of nitrogens with zero attached hydrogens (tertiary/aromatic N) is 1. The molecule has 3 nitrogen and oxygen atoms in total. The molecule has 0 spiro atoms. The van der Waals surface area contributed by atoms with Gasteiger partial charge in [0.25, 0.3) is 0 Å². The van der Waals surface area contributed by atoms with Gasteiger partial charge in [0.1, 0.15) is 6.61 Å². The molecule has 3 aromatic rings. The maximum Gasteiger partial charge on any atom is 0.161 e. The lowest BCUT2D eigenvalue weighted by atomic mass is 10.0. The van der Waals surface area contributed by atoms with Crippen LogP contribution in [0.15, 0.2) is 71.2 Å². The number of hydrogen-bond donors (Lipinski definition) is 0. The first-order valence-corrected chi connectivity index (χ1v) is 10.3. The number of hydrogen-bond acceptors (Lipinski definition) is 3. The second-order valence-electron chi connectivity index (χ2n) is 6.20. The van der Waals surface area contributed by atoms with Crippen molar-refractivity contribution >= 4 is 39.2 Å². The number of rotatable bonds is 7. The lowest BCUT2D eigenvalue weighted by Gasteiger charge is -2.13. The Balaban J connectivity index is 1.86. The van der Waals surface area contributed by atoms with Gasteiger partial charge in [-0.05, 0) is 54.5 Å². The highest BCUT2D eigenvalue weighted by molar-refractivity contribution is 9.10. The first-order chi connectivity index (χ1) is 14.1. The Hall–Kier alpha value is -2.74. The van der Waals surface area contributed by atoms with Crippen LogP contribution in [0.2, 0.25) is 5.02 Å². The summed E-state index contributed by atoms with van der Waals surface area (Å²) in [6.45, 7) is 2.77. The minimum Gasteiger partial charge on any atom is -0.490 e. The Labute approximate surface area is 184 Å². The molecule has 0 amide bonds. The molecule has 0 fully saturated rings. The van der Waals surface area contributed by atoms with Crippen molar-refractivity contribution in [3.05, 3.63) is 92.9 Å². The normalized spacial score (nSPS) is 11.0. The molecule has 3 aromatic carbocycles. The predicted octanol–water partition coefficient (Wildman–Crippen LogP) is 7.14.